The van der Waals surface area contributed by atoms with Crippen LogP contribution in [0.25, 0.3) is 0 Å². The standard InChI is InChI=1S/C23H40O2/c1-4-7-8-9-10-11-15-20-23(24-5-2,25-6-3)21-16-19-22-17-13-12-14-18-22/h12-14,17-18H,4-11,15-16,19-21H2,1-3H3. The molecule has 0 bridgehead atoms. The minimum atomic E-state index is -0.373. The number of aryl methyl sites for hydroxylation is 1. The largest absolute Gasteiger partial charge is 0.350 e. The molecule has 0 N–H and O–H groups in total. The first kappa shape index (κ1) is 22.2. The summed E-state index contributed by atoms with van der Waals surface area (Å²) in [6.07, 6.45) is 13.5. The minimum Gasteiger partial charge on any atom is -0.350 e. The zero-order valence-corrected chi connectivity index (χ0v) is 16.9. The zero-order valence-electron chi connectivity index (χ0n) is 16.9. The van der Waals surface area contributed by atoms with Gasteiger partial charge in [0, 0.05) is 26.1 Å². The van der Waals surface area contributed by atoms with E-state index < -0.39 is 0 Å². The summed E-state index contributed by atoms with van der Waals surface area (Å²) >= 11 is 0. The van der Waals surface area contributed by atoms with Crippen molar-refractivity contribution < 1.29 is 9.47 Å². The average Bonchev–Trinajstić information content (AvgIpc) is 2.62. The summed E-state index contributed by atoms with van der Waals surface area (Å²) < 4.78 is 12.3. The van der Waals surface area contributed by atoms with Gasteiger partial charge in [0.15, 0.2) is 5.79 Å². The van der Waals surface area contributed by atoms with Gasteiger partial charge in [0.05, 0.1) is 0 Å². The van der Waals surface area contributed by atoms with E-state index in [9.17, 15) is 0 Å². The van der Waals surface area contributed by atoms with E-state index in [0.717, 1.165) is 38.9 Å². The third-order valence-corrected chi connectivity index (χ3v) is 4.84. The maximum atomic E-state index is 6.13. The van der Waals surface area contributed by atoms with Gasteiger partial charge in [-0.2, -0.15) is 0 Å². The zero-order chi connectivity index (χ0) is 18.2. The number of rotatable bonds is 16. The second-order valence-electron chi connectivity index (χ2n) is 6.99. The molecule has 2 heteroatoms. The molecule has 0 aliphatic carbocycles. The van der Waals surface area contributed by atoms with Crippen molar-refractivity contribution in [2.45, 2.75) is 97.2 Å². The Kier molecular flexibility index (Phi) is 12.7. The van der Waals surface area contributed by atoms with Crippen molar-refractivity contribution in [2.24, 2.45) is 0 Å². The number of ether oxygens (including phenoxy) is 2. The van der Waals surface area contributed by atoms with Gasteiger partial charge in [0.2, 0.25) is 0 Å². The highest BCUT2D eigenvalue weighted by Gasteiger charge is 2.30. The van der Waals surface area contributed by atoms with Gasteiger partial charge in [-0.3, -0.25) is 0 Å². The van der Waals surface area contributed by atoms with Crippen LogP contribution in [-0.4, -0.2) is 19.0 Å². The molecule has 0 aromatic heterocycles. The Labute approximate surface area is 156 Å². The van der Waals surface area contributed by atoms with Crippen LogP contribution in [0.5, 0.6) is 0 Å². The highest BCUT2D eigenvalue weighted by molar-refractivity contribution is 5.14. The van der Waals surface area contributed by atoms with Crippen LogP contribution in [0.15, 0.2) is 30.3 Å². The minimum absolute atomic E-state index is 0.373. The second-order valence-corrected chi connectivity index (χ2v) is 6.99. The summed E-state index contributed by atoms with van der Waals surface area (Å²) in [5, 5.41) is 0. The lowest BCUT2D eigenvalue weighted by atomic mass is 9.98. The van der Waals surface area contributed by atoms with Gasteiger partial charge in [-0.05, 0) is 38.7 Å². The predicted molar refractivity (Wildman–Crippen MR) is 108 cm³/mol. The lowest BCUT2D eigenvalue weighted by molar-refractivity contribution is -0.241. The first-order valence-electron chi connectivity index (χ1n) is 10.6. The van der Waals surface area contributed by atoms with E-state index in [1.54, 1.807) is 0 Å². The Morgan fingerprint density at radius 1 is 0.680 bits per heavy atom. The predicted octanol–water partition coefficient (Wildman–Crippen LogP) is 6.92. The van der Waals surface area contributed by atoms with Crippen molar-refractivity contribution >= 4 is 0 Å². The molecule has 0 aliphatic heterocycles. The van der Waals surface area contributed by atoms with Gasteiger partial charge in [0.1, 0.15) is 0 Å². The molecule has 2 nitrogen and oxygen atoms in total. The summed E-state index contributed by atoms with van der Waals surface area (Å²) in [6, 6.07) is 10.7. The first-order valence-corrected chi connectivity index (χ1v) is 10.6. The smallest absolute Gasteiger partial charge is 0.168 e. The SMILES string of the molecule is CCCCCCCCCC(CCCc1ccccc1)(OCC)OCC. The van der Waals surface area contributed by atoms with Crippen LogP contribution in [0, 0.1) is 0 Å². The Hall–Kier alpha value is -0.860. The lowest BCUT2D eigenvalue weighted by Crippen LogP contribution is -2.36. The first-order chi connectivity index (χ1) is 12.3. The Morgan fingerprint density at radius 3 is 1.84 bits per heavy atom. The highest BCUT2D eigenvalue weighted by Crippen LogP contribution is 2.28. The van der Waals surface area contributed by atoms with Gasteiger partial charge in [-0.15, -0.1) is 0 Å². The number of unbranched alkanes of at least 4 members (excludes halogenated alkanes) is 6. The maximum Gasteiger partial charge on any atom is 0.168 e. The molecule has 0 heterocycles. The van der Waals surface area contributed by atoms with Crippen molar-refractivity contribution in [1.29, 1.82) is 0 Å². The Bertz CT molecular complexity index is 396. The van der Waals surface area contributed by atoms with E-state index in [1.807, 2.05) is 0 Å². The molecule has 25 heavy (non-hydrogen) atoms. The molecule has 0 unspecified atom stereocenters. The summed E-state index contributed by atoms with van der Waals surface area (Å²) in [7, 11) is 0. The molecule has 144 valence electrons. The molecule has 1 rings (SSSR count). The molecule has 0 saturated carbocycles. The van der Waals surface area contributed by atoms with E-state index in [4.69, 9.17) is 9.47 Å². The van der Waals surface area contributed by atoms with Gasteiger partial charge >= 0.3 is 0 Å². The molecule has 0 fully saturated rings. The fourth-order valence-electron chi connectivity index (χ4n) is 3.54. The molecule has 0 radical (unpaired) electrons. The molecule has 0 atom stereocenters. The molecule has 0 aliphatic rings. The average molecular weight is 349 g/mol. The molecule has 1 aromatic rings. The van der Waals surface area contributed by atoms with Crippen LogP contribution in [-0.2, 0) is 15.9 Å². The van der Waals surface area contributed by atoms with Gasteiger partial charge in [-0.1, -0.05) is 75.8 Å². The van der Waals surface area contributed by atoms with Crippen molar-refractivity contribution in [2.75, 3.05) is 13.2 Å². The number of benzene rings is 1. The third kappa shape index (κ3) is 10.0. The Balaban J connectivity index is 2.40. The van der Waals surface area contributed by atoms with Gasteiger partial charge in [-0.25, -0.2) is 0 Å². The van der Waals surface area contributed by atoms with Crippen LogP contribution in [0.2, 0.25) is 0 Å². The second kappa shape index (κ2) is 14.3. The Morgan fingerprint density at radius 2 is 1.24 bits per heavy atom. The fraction of sp³-hybridized carbons (Fsp3) is 0.739. The number of hydrogen-bond donors (Lipinski definition) is 0. The summed E-state index contributed by atoms with van der Waals surface area (Å²) in [5.41, 5.74) is 1.40. The van der Waals surface area contributed by atoms with Crippen LogP contribution in [0.4, 0.5) is 0 Å². The van der Waals surface area contributed by atoms with E-state index in [1.165, 1.54) is 50.5 Å². The van der Waals surface area contributed by atoms with Crippen molar-refractivity contribution in [3.63, 3.8) is 0 Å². The van der Waals surface area contributed by atoms with E-state index in [0.29, 0.717) is 0 Å². The monoisotopic (exact) mass is 348 g/mol. The molecule has 1 aromatic carbocycles. The van der Waals surface area contributed by atoms with Crippen LogP contribution >= 0.6 is 0 Å². The van der Waals surface area contributed by atoms with Crippen molar-refractivity contribution in [1.82, 2.24) is 0 Å². The van der Waals surface area contributed by atoms with Crippen molar-refractivity contribution in [3.05, 3.63) is 35.9 Å². The van der Waals surface area contributed by atoms with Crippen LogP contribution in [0.1, 0.15) is 90.5 Å². The third-order valence-electron chi connectivity index (χ3n) is 4.84. The molecular weight excluding hydrogens is 308 g/mol. The van der Waals surface area contributed by atoms with Crippen LogP contribution in [0.3, 0.4) is 0 Å². The van der Waals surface area contributed by atoms with E-state index >= 15 is 0 Å². The normalized spacial score (nSPS) is 11.8. The van der Waals surface area contributed by atoms with Gasteiger partial charge in [0.25, 0.3) is 0 Å². The quantitative estimate of drug-likeness (QED) is 0.238. The number of hydrogen-bond acceptors (Lipinski definition) is 2. The van der Waals surface area contributed by atoms with Crippen molar-refractivity contribution in [3.8, 4) is 0 Å². The fourth-order valence-corrected chi connectivity index (χ4v) is 3.54. The van der Waals surface area contributed by atoms with E-state index in [-0.39, 0.29) is 5.79 Å². The molecular formula is C23H40O2. The topological polar surface area (TPSA) is 18.5 Å². The van der Waals surface area contributed by atoms with E-state index in [2.05, 4.69) is 51.1 Å². The molecule has 0 saturated heterocycles. The highest BCUT2D eigenvalue weighted by atomic mass is 16.7. The lowest BCUT2D eigenvalue weighted by Gasteiger charge is -2.33. The summed E-state index contributed by atoms with van der Waals surface area (Å²) in [6.45, 7) is 7.88. The molecule has 0 amide bonds. The summed E-state index contributed by atoms with van der Waals surface area (Å²) in [4.78, 5) is 0. The van der Waals surface area contributed by atoms with Gasteiger partial charge < -0.3 is 9.47 Å². The maximum absolute atomic E-state index is 6.13. The molecule has 0 spiro atoms. The summed E-state index contributed by atoms with van der Waals surface area (Å²) in [5.74, 6) is -0.373. The van der Waals surface area contributed by atoms with Crippen LogP contribution < -0.4 is 0 Å².